The maximum absolute atomic E-state index is 13.5. The molecule has 0 bridgehead atoms. The highest BCUT2D eigenvalue weighted by atomic mass is 35.5. The number of alkyl halides is 2. The van der Waals surface area contributed by atoms with E-state index < -0.39 is 17.9 Å². The molecule has 2 N–H and O–H groups in total. The molecule has 4 nitrogen and oxygen atoms in total. The number of rotatable bonds is 4. The zero-order valence-electron chi connectivity index (χ0n) is 9.10. The number of esters is 1. The van der Waals surface area contributed by atoms with Gasteiger partial charge in [-0.3, -0.25) is 4.98 Å². The Morgan fingerprint density at radius 1 is 1.53 bits per heavy atom. The minimum Gasteiger partial charge on any atom is -0.462 e. The van der Waals surface area contributed by atoms with Gasteiger partial charge >= 0.3 is 11.9 Å². The van der Waals surface area contributed by atoms with Gasteiger partial charge in [0.2, 0.25) is 0 Å². The smallest absolute Gasteiger partial charge is 0.379 e. The highest BCUT2D eigenvalue weighted by Crippen LogP contribution is 2.30. The van der Waals surface area contributed by atoms with Gasteiger partial charge in [-0.05, 0) is 24.6 Å². The Balaban J connectivity index is 0.00000256. The predicted octanol–water partition coefficient (Wildman–Crippen LogP) is 1.70. The SMILES string of the molecule is CCOC(=O)C(F)(F)[C@@H](N)c1ccncc1.Cl. The van der Waals surface area contributed by atoms with Gasteiger partial charge < -0.3 is 10.5 Å². The molecule has 0 aliphatic rings. The highest BCUT2D eigenvalue weighted by Gasteiger charge is 2.47. The van der Waals surface area contributed by atoms with Crippen LogP contribution in [-0.2, 0) is 9.53 Å². The van der Waals surface area contributed by atoms with Gasteiger partial charge in [-0.2, -0.15) is 8.78 Å². The molecule has 0 amide bonds. The number of hydrogen-bond acceptors (Lipinski definition) is 4. The maximum Gasteiger partial charge on any atom is 0.379 e. The van der Waals surface area contributed by atoms with E-state index >= 15 is 0 Å². The highest BCUT2D eigenvalue weighted by molar-refractivity contribution is 5.85. The first-order chi connectivity index (χ1) is 7.50. The largest absolute Gasteiger partial charge is 0.462 e. The van der Waals surface area contributed by atoms with Crippen molar-refractivity contribution in [3.05, 3.63) is 30.1 Å². The van der Waals surface area contributed by atoms with Crippen molar-refractivity contribution in [2.24, 2.45) is 5.73 Å². The summed E-state index contributed by atoms with van der Waals surface area (Å²) >= 11 is 0. The van der Waals surface area contributed by atoms with E-state index in [-0.39, 0.29) is 24.6 Å². The van der Waals surface area contributed by atoms with E-state index in [9.17, 15) is 13.6 Å². The Hall–Kier alpha value is -1.27. The van der Waals surface area contributed by atoms with Crippen molar-refractivity contribution in [2.45, 2.75) is 18.9 Å². The zero-order chi connectivity index (χ0) is 12.2. The predicted molar refractivity (Wildman–Crippen MR) is 60.0 cm³/mol. The van der Waals surface area contributed by atoms with Crippen LogP contribution in [0.2, 0.25) is 0 Å². The lowest BCUT2D eigenvalue weighted by molar-refractivity contribution is -0.174. The van der Waals surface area contributed by atoms with Gasteiger partial charge in [0.05, 0.1) is 6.61 Å². The third-order valence-corrected chi connectivity index (χ3v) is 2.00. The first-order valence-electron chi connectivity index (χ1n) is 4.70. The summed E-state index contributed by atoms with van der Waals surface area (Å²) in [6, 6.07) is 0.935. The monoisotopic (exact) mass is 266 g/mol. The van der Waals surface area contributed by atoms with Crippen molar-refractivity contribution < 1.29 is 18.3 Å². The van der Waals surface area contributed by atoms with Crippen molar-refractivity contribution in [3.63, 3.8) is 0 Å². The normalized spacial score (nSPS) is 12.5. The van der Waals surface area contributed by atoms with E-state index in [0.717, 1.165) is 0 Å². The molecule has 0 aromatic carbocycles. The number of halogens is 3. The molecule has 1 aromatic heterocycles. The first-order valence-corrected chi connectivity index (χ1v) is 4.70. The summed E-state index contributed by atoms with van der Waals surface area (Å²) in [5.74, 6) is -5.35. The van der Waals surface area contributed by atoms with Crippen molar-refractivity contribution in [3.8, 4) is 0 Å². The molecule has 0 saturated carbocycles. The molecule has 0 saturated heterocycles. The Morgan fingerprint density at radius 2 is 2.06 bits per heavy atom. The molecule has 0 aliphatic heterocycles. The van der Waals surface area contributed by atoms with Crippen LogP contribution in [0, 0.1) is 0 Å². The molecular formula is C10H13ClF2N2O2. The number of ether oxygens (including phenoxy) is 1. The Kier molecular flexibility index (Phi) is 5.98. The van der Waals surface area contributed by atoms with Crippen LogP contribution in [0.3, 0.4) is 0 Å². The fourth-order valence-electron chi connectivity index (χ4n) is 1.13. The van der Waals surface area contributed by atoms with Gasteiger partial charge in [-0.15, -0.1) is 12.4 Å². The second-order valence-electron chi connectivity index (χ2n) is 3.10. The van der Waals surface area contributed by atoms with Crippen LogP contribution in [0.15, 0.2) is 24.5 Å². The topological polar surface area (TPSA) is 65.2 Å². The summed E-state index contributed by atoms with van der Waals surface area (Å²) in [5, 5.41) is 0. The van der Waals surface area contributed by atoms with Crippen molar-refractivity contribution in [1.82, 2.24) is 4.98 Å². The molecule has 0 radical (unpaired) electrons. The number of hydrogen-bond donors (Lipinski definition) is 1. The summed E-state index contributed by atoms with van der Waals surface area (Å²) < 4.78 is 31.2. The van der Waals surface area contributed by atoms with Crippen LogP contribution in [0.1, 0.15) is 18.5 Å². The number of carbonyl (C=O) groups is 1. The number of carbonyl (C=O) groups excluding carboxylic acids is 1. The van der Waals surface area contributed by atoms with Gasteiger partial charge in [0, 0.05) is 12.4 Å². The van der Waals surface area contributed by atoms with Crippen LogP contribution >= 0.6 is 12.4 Å². The molecule has 0 unspecified atom stereocenters. The summed E-state index contributed by atoms with van der Waals surface area (Å²) in [7, 11) is 0. The standard InChI is InChI=1S/C10H12F2N2O2.ClH/c1-2-16-9(15)10(11,12)8(13)7-3-5-14-6-4-7;/h3-6,8H,2,13H2,1H3;1H/t8-;/m0./s1. The number of pyridine rings is 1. The average molecular weight is 267 g/mol. The molecule has 0 fully saturated rings. The van der Waals surface area contributed by atoms with E-state index in [1.807, 2.05) is 0 Å². The molecule has 17 heavy (non-hydrogen) atoms. The van der Waals surface area contributed by atoms with Crippen LogP contribution in [0.5, 0.6) is 0 Å². The molecule has 7 heteroatoms. The van der Waals surface area contributed by atoms with Gasteiger partial charge in [0.1, 0.15) is 6.04 Å². The number of aromatic nitrogens is 1. The lowest BCUT2D eigenvalue weighted by Gasteiger charge is -2.21. The number of nitrogens with zero attached hydrogens (tertiary/aromatic N) is 1. The third kappa shape index (κ3) is 3.61. The Bertz CT molecular complexity index is 363. The van der Waals surface area contributed by atoms with Gasteiger partial charge in [0.15, 0.2) is 0 Å². The van der Waals surface area contributed by atoms with E-state index in [4.69, 9.17) is 5.73 Å². The Labute approximate surface area is 104 Å². The van der Waals surface area contributed by atoms with Crippen LogP contribution in [0.4, 0.5) is 8.78 Å². The molecule has 1 atom stereocenters. The summed E-state index contributed by atoms with van der Waals surface area (Å²) in [6.07, 6.45) is 2.66. The fourth-order valence-corrected chi connectivity index (χ4v) is 1.13. The molecular weight excluding hydrogens is 254 g/mol. The van der Waals surface area contributed by atoms with Gasteiger partial charge in [-0.25, -0.2) is 4.79 Å². The summed E-state index contributed by atoms with van der Waals surface area (Å²) in [5.41, 5.74) is 5.46. The zero-order valence-corrected chi connectivity index (χ0v) is 9.92. The van der Waals surface area contributed by atoms with Crippen LogP contribution in [-0.4, -0.2) is 23.5 Å². The fraction of sp³-hybridized carbons (Fsp3) is 0.400. The van der Waals surface area contributed by atoms with Crippen LogP contribution < -0.4 is 5.73 Å². The second-order valence-corrected chi connectivity index (χ2v) is 3.10. The van der Waals surface area contributed by atoms with Crippen LogP contribution in [0.25, 0.3) is 0 Å². The van der Waals surface area contributed by atoms with E-state index in [1.165, 1.54) is 31.5 Å². The minimum absolute atomic E-state index is 0. The molecule has 1 heterocycles. The lowest BCUT2D eigenvalue weighted by Crippen LogP contribution is -2.41. The second kappa shape index (κ2) is 6.46. The molecule has 1 rings (SSSR count). The van der Waals surface area contributed by atoms with E-state index in [1.54, 1.807) is 0 Å². The van der Waals surface area contributed by atoms with E-state index in [0.29, 0.717) is 0 Å². The molecule has 0 spiro atoms. The van der Waals surface area contributed by atoms with Gasteiger partial charge in [0.25, 0.3) is 0 Å². The van der Waals surface area contributed by atoms with E-state index in [2.05, 4.69) is 9.72 Å². The van der Waals surface area contributed by atoms with Crippen molar-refractivity contribution in [1.29, 1.82) is 0 Å². The summed E-state index contributed by atoms with van der Waals surface area (Å²) in [4.78, 5) is 14.7. The van der Waals surface area contributed by atoms with Crippen molar-refractivity contribution >= 4 is 18.4 Å². The first kappa shape index (κ1) is 15.7. The quantitative estimate of drug-likeness (QED) is 0.843. The minimum atomic E-state index is -3.74. The molecule has 1 aromatic rings. The molecule has 96 valence electrons. The Morgan fingerprint density at radius 3 is 2.53 bits per heavy atom. The number of nitrogens with two attached hydrogens (primary N) is 1. The lowest BCUT2D eigenvalue weighted by atomic mass is 10.0. The molecule has 0 aliphatic carbocycles. The van der Waals surface area contributed by atoms with Gasteiger partial charge in [-0.1, -0.05) is 0 Å². The summed E-state index contributed by atoms with van der Waals surface area (Å²) in [6.45, 7) is 1.34. The average Bonchev–Trinajstić information content (AvgIpc) is 2.29. The maximum atomic E-state index is 13.5. The third-order valence-electron chi connectivity index (χ3n) is 2.00. The van der Waals surface area contributed by atoms with Crippen molar-refractivity contribution in [2.75, 3.05) is 6.61 Å².